The van der Waals surface area contributed by atoms with Crippen LogP contribution < -0.4 is 9.47 Å². The van der Waals surface area contributed by atoms with Crippen molar-refractivity contribution in [3.8, 4) is 11.5 Å². The van der Waals surface area contributed by atoms with Gasteiger partial charge in [-0.15, -0.1) is 22.9 Å². The molecule has 0 fully saturated rings. The number of alkyl halides is 1. The van der Waals surface area contributed by atoms with Crippen molar-refractivity contribution < 1.29 is 9.47 Å². The molecule has 2 rings (SSSR count). The molecule has 0 aliphatic carbocycles. The lowest BCUT2D eigenvalue weighted by atomic mass is 10.0. The Bertz CT molecular complexity index is 540. The Labute approximate surface area is 135 Å². The smallest absolute Gasteiger partial charge is 0.160 e. The number of halogens is 1. The van der Waals surface area contributed by atoms with E-state index in [1.165, 1.54) is 10.4 Å². The summed E-state index contributed by atoms with van der Waals surface area (Å²) in [5.41, 5.74) is 1.18. The number of ether oxygens (including phenoxy) is 2. The highest BCUT2D eigenvalue weighted by atomic mass is 35.5. The number of rotatable bonds is 8. The maximum Gasteiger partial charge on any atom is 0.160 e. The van der Waals surface area contributed by atoms with Crippen molar-refractivity contribution in [1.29, 1.82) is 0 Å². The topological polar surface area (TPSA) is 18.5 Å². The summed E-state index contributed by atoms with van der Waals surface area (Å²) < 4.78 is 10.6. The summed E-state index contributed by atoms with van der Waals surface area (Å²) in [6.07, 6.45) is 4.12. The molecule has 1 aromatic carbocycles. The molecule has 21 heavy (non-hydrogen) atoms. The Balaban J connectivity index is 1.83. The van der Waals surface area contributed by atoms with Crippen molar-refractivity contribution in [2.24, 2.45) is 0 Å². The molecule has 0 N–H and O–H groups in total. The van der Waals surface area contributed by atoms with Gasteiger partial charge in [0.15, 0.2) is 11.5 Å². The number of hydrogen-bond acceptors (Lipinski definition) is 3. The zero-order valence-electron chi connectivity index (χ0n) is 12.5. The zero-order valence-corrected chi connectivity index (χ0v) is 14.0. The lowest BCUT2D eigenvalue weighted by molar-refractivity contribution is 0.354. The Morgan fingerprint density at radius 1 is 1.14 bits per heavy atom. The van der Waals surface area contributed by atoms with Gasteiger partial charge in [0.1, 0.15) is 0 Å². The quantitative estimate of drug-likeness (QED) is 0.640. The normalized spacial score (nSPS) is 12.1. The first-order valence-corrected chi connectivity index (χ1v) is 8.42. The second-order valence-corrected chi connectivity index (χ2v) is 6.61. The van der Waals surface area contributed by atoms with E-state index in [1.807, 2.05) is 23.5 Å². The van der Waals surface area contributed by atoms with Crippen LogP contribution in [0.15, 0.2) is 35.7 Å². The predicted molar refractivity (Wildman–Crippen MR) is 90.1 cm³/mol. The second kappa shape index (κ2) is 8.30. The van der Waals surface area contributed by atoms with Gasteiger partial charge in [0, 0.05) is 10.3 Å². The van der Waals surface area contributed by atoms with E-state index in [0.717, 1.165) is 37.2 Å². The van der Waals surface area contributed by atoms with Gasteiger partial charge in [-0.05, 0) is 54.8 Å². The van der Waals surface area contributed by atoms with Crippen LogP contribution in [-0.2, 0) is 12.8 Å². The van der Waals surface area contributed by atoms with Crippen LogP contribution in [0.25, 0.3) is 0 Å². The predicted octanol–water partition coefficient (Wildman–Crippen LogP) is 4.94. The number of thiophene rings is 1. The molecule has 1 atom stereocenters. The summed E-state index contributed by atoms with van der Waals surface area (Å²) in [5, 5.41) is 2.28. The van der Waals surface area contributed by atoms with Gasteiger partial charge in [-0.25, -0.2) is 0 Å². The fourth-order valence-corrected chi connectivity index (χ4v) is 3.40. The van der Waals surface area contributed by atoms with Gasteiger partial charge in [-0.3, -0.25) is 0 Å². The van der Waals surface area contributed by atoms with Gasteiger partial charge in [-0.1, -0.05) is 12.1 Å². The van der Waals surface area contributed by atoms with E-state index in [2.05, 4.69) is 23.6 Å². The minimum atomic E-state index is 0.156. The molecule has 114 valence electrons. The molecular formula is C17H21ClO2S. The number of benzene rings is 1. The number of hydrogen-bond donors (Lipinski definition) is 0. The maximum atomic E-state index is 6.46. The second-order valence-electron chi connectivity index (χ2n) is 4.96. The van der Waals surface area contributed by atoms with E-state index < -0.39 is 0 Å². The van der Waals surface area contributed by atoms with Crippen LogP contribution in [0.2, 0.25) is 0 Å². The lowest BCUT2D eigenvalue weighted by Gasteiger charge is -2.12. The van der Waals surface area contributed by atoms with Crippen molar-refractivity contribution in [2.75, 3.05) is 14.2 Å². The van der Waals surface area contributed by atoms with Crippen LogP contribution in [0.5, 0.6) is 11.5 Å². The summed E-state index contributed by atoms with van der Waals surface area (Å²) >= 11 is 8.27. The summed E-state index contributed by atoms with van der Waals surface area (Å²) in [6, 6.07) is 10.3. The van der Waals surface area contributed by atoms with E-state index in [0.29, 0.717) is 0 Å². The van der Waals surface area contributed by atoms with Crippen molar-refractivity contribution in [1.82, 2.24) is 0 Å². The Hall–Kier alpha value is -1.19. The number of methoxy groups -OCH3 is 2. The first kappa shape index (κ1) is 16.2. The Morgan fingerprint density at radius 2 is 1.95 bits per heavy atom. The molecule has 0 radical (unpaired) electrons. The SMILES string of the molecule is COc1ccc(CC(Cl)CCCc2cccs2)cc1OC. The fraction of sp³-hybridized carbons (Fsp3) is 0.412. The third kappa shape index (κ3) is 4.94. The monoisotopic (exact) mass is 324 g/mol. The molecule has 0 amide bonds. The van der Waals surface area contributed by atoms with Gasteiger partial charge in [-0.2, -0.15) is 0 Å². The van der Waals surface area contributed by atoms with E-state index >= 15 is 0 Å². The van der Waals surface area contributed by atoms with E-state index in [-0.39, 0.29) is 5.38 Å². The fourth-order valence-electron chi connectivity index (χ4n) is 2.32. The third-order valence-electron chi connectivity index (χ3n) is 3.43. The van der Waals surface area contributed by atoms with Crippen molar-refractivity contribution >= 4 is 22.9 Å². The minimum Gasteiger partial charge on any atom is -0.493 e. The van der Waals surface area contributed by atoms with Crippen LogP contribution in [0, 0.1) is 0 Å². The molecule has 0 spiro atoms. The summed E-state index contributed by atoms with van der Waals surface area (Å²) in [6.45, 7) is 0. The van der Waals surface area contributed by atoms with E-state index in [4.69, 9.17) is 21.1 Å². The van der Waals surface area contributed by atoms with Gasteiger partial charge >= 0.3 is 0 Å². The average Bonchev–Trinajstić information content (AvgIpc) is 3.00. The molecule has 0 bridgehead atoms. The van der Waals surface area contributed by atoms with Crippen molar-refractivity contribution in [2.45, 2.75) is 31.1 Å². The van der Waals surface area contributed by atoms with Crippen LogP contribution in [0.1, 0.15) is 23.3 Å². The third-order valence-corrected chi connectivity index (χ3v) is 4.73. The van der Waals surface area contributed by atoms with Crippen LogP contribution >= 0.6 is 22.9 Å². The van der Waals surface area contributed by atoms with Gasteiger partial charge in [0.25, 0.3) is 0 Å². The zero-order chi connectivity index (χ0) is 15.1. The highest BCUT2D eigenvalue weighted by Crippen LogP contribution is 2.29. The largest absolute Gasteiger partial charge is 0.493 e. The molecule has 2 aromatic rings. The summed E-state index contributed by atoms with van der Waals surface area (Å²) in [7, 11) is 3.30. The molecule has 0 saturated carbocycles. The first-order valence-electron chi connectivity index (χ1n) is 7.10. The highest BCUT2D eigenvalue weighted by molar-refractivity contribution is 7.09. The van der Waals surface area contributed by atoms with Gasteiger partial charge in [0.05, 0.1) is 14.2 Å². The van der Waals surface area contributed by atoms with Gasteiger partial charge < -0.3 is 9.47 Å². The molecule has 0 saturated heterocycles. The molecule has 4 heteroatoms. The number of aryl methyl sites for hydroxylation is 1. The standard InChI is InChI=1S/C17H21ClO2S/c1-19-16-9-8-13(12-17(16)20-2)11-14(18)5-3-6-15-7-4-10-21-15/h4,7-10,12,14H,3,5-6,11H2,1-2H3. The van der Waals surface area contributed by atoms with Crippen LogP contribution in [0.4, 0.5) is 0 Å². The highest BCUT2D eigenvalue weighted by Gasteiger charge is 2.10. The molecular weight excluding hydrogens is 304 g/mol. The van der Waals surface area contributed by atoms with Crippen LogP contribution in [0.3, 0.4) is 0 Å². The molecule has 1 unspecified atom stereocenters. The molecule has 2 nitrogen and oxygen atoms in total. The maximum absolute atomic E-state index is 6.46. The van der Waals surface area contributed by atoms with Gasteiger partial charge in [0.2, 0.25) is 0 Å². The molecule has 1 heterocycles. The molecule has 1 aromatic heterocycles. The van der Waals surface area contributed by atoms with E-state index in [9.17, 15) is 0 Å². The Morgan fingerprint density at radius 3 is 2.62 bits per heavy atom. The Kier molecular flexibility index (Phi) is 6.40. The van der Waals surface area contributed by atoms with E-state index in [1.54, 1.807) is 14.2 Å². The summed E-state index contributed by atoms with van der Waals surface area (Å²) in [5.74, 6) is 1.52. The molecule has 0 aliphatic rings. The van der Waals surface area contributed by atoms with Crippen molar-refractivity contribution in [3.63, 3.8) is 0 Å². The summed E-state index contributed by atoms with van der Waals surface area (Å²) in [4.78, 5) is 1.44. The van der Waals surface area contributed by atoms with Crippen molar-refractivity contribution in [3.05, 3.63) is 46.2 Å². The lowest BCUT2D eigenvalue weighted by Crippen LogP contribution is -2.04. The van der Waals surface area contributed by atoms with Crippen LogP contribution in [-0.4, -0.2) is 19.6 Å². The minimum absolute atomic E-state index is 0.156. The first-order chi connectivity index (χ1) is 10.2. The molecule has 0 aliphatic heterocycles. The average molecular weight is 325 g/mol.